The summed E-state index contributed by atoms with van der Waals surface area (Å²) in [7, 11) is 0. The van der Waals surface area contributed by atoms with Crippen molar-refractivity contribution >= 4 is 17.4 Å². The molecule has 0 aliphatic carbocycles. The summed E-state index contributed by atoms with van der Waals surface area (Å²) in [5.41, 5.74) is -1.75. The van der Waals surface area contributed by atoms with Crippen molar-refractivity contribution in [3.8, 4) is 0 Å². The number of alkyl halides is 3. The Morgan fingerprint density at radius 2 is 2.00 bits per heavy atom. The molecule has 0 aromatic carbocycles. The Morgan fingerprint density at radius 3 is 2.56 bits per heavy atom. The Bertz CT molecular complexity index is 592. The highest BCUT2D eigenvalue weighted by molar-refractivity contribution is 6.33. The summed E-state index contributed by atoms with van der Waals surface area (Å²) in [4.78, 5) is 15.4. The Kier molecular flexibility index (Phi) is 3.13. The van der Waals surface area contributed by atoms with Crippen LogP contribution in [0, 0.1) is 0 Å². The first-order chi connectivity index (χ1) is 8.41. The van der Waals surface area contributed by atoms with E-state index in [0.717, 1.165) is 24.7 Å². The van der Waals surface area contributed by atoms with Crippen molar-refractivity contribution in [2.75, 3.05) is 0 Å². The highest BCUT2D eigenvalue weighted by Crippen LogP contribution is 2.33. The summed E-state index contributed by atoms with van der Waals surface area (Å²) in [6.45, 7) is 0. The van der Waals surface area contributed by atoms with Gasteiger partial charge in [0.05, 0.1) is 23.0 Å². The van der Waals surface area contributed by atoms with Gasteiger partial charge in [0, 0.05) is 12.4 Å². The zero-order chi connectivity index (χ0) is 13.3. The van der Waals surface area contributed by atoms with Gasteiger partial charge >= 0.3 is 6.18 Å². The van der Waals surface area contributed by atoms with Crippen molar-refractivity contribution in [1.82, 2.24) is 4.98 Å². The monoisotopic (exact) mass is 275 g/mol. The number of pyridine rings is 1. The lowest BCUT2D eigenvalue weighted by atomic mass is 10.0. The minimum atomic E-state index is -4.63. The molecule has 18 heavy (non-hydrogen) atoms. The topological polar surface area (TPSA) is 43.1 Å². The van der Waals surface area contributed by atoms with Crippen LogP contribution in [-0.4, -0.2) is 10.8 Å². The van der Waals surface area contributed by atoms with E-state index in [2.05, 4.69) is 9.40 Å². The van der Waals surface area contributed by atoms with E-state index in [1.165, 1.54) is 6.07 Å². The van der Waals surface area contributed by atoms with Crippen LogP contribution in [0.25, 0.3) is 0 Å². The van der Waals surface area contributed by atoms with Gasteiger partial charge in [-0.25, -0.2) is 0 Å². The Balaban J connectivity index is 2.53. The van der Waals surface area contributed by atoms with Gasteiger partial charge in [0.25, 0.3) is 0 Å². The van der Waals surface area contributed by atoms with Gasteiger partial charge in [-0.15, -0.1) is 0 Å². The van der Waals surface area contributed by atoms with Gasteiger partial charge in [-0.1, -0.05) is 0 Å². The molecule has 3 nitrogen and oxygen atoms in total. The molecule has 0 bridgehead atoms. The maximum Gasteiger partial charge on any atom is 0.417 e. The molecule has 2 aromatic rings. The summed E-state index contributed by atoms with van der Waals surface area (Å²) in [5, 5.41) is -0.253. The zero-order valence-electron chi connectivity index (χ0n) is 8.66. The van der Waals surface area contributed by atoms with Crippen LogP contribution in [0.1, 0.15) is 21.5 Å². The molecule has 0 fully saturated rings. The molecule has 2 aromatic heterocycles. The quantitative estimate of drug-likeness (QED) is 0.787. The van der Waals surface area contributed by atoms with Crippen molar-refractivity contribution in [2.24, 2.45) is 0 Å². The molecule has 0 atom stereocenters. The minimum absolute atomic E-state index is 0.129. The molecule has 0 saturated carbocycles. The maximum absolute atomic E-state index is 12.7. The van der Waals surface area contributed by atoms with E-state index in [-0.39, 0.29) is 10.8 Å². The van der Waals surface area contributed by atoms with Crippen molar-refractivity contribution in [1.29, 1.82) is 0 Å². The number of ketones is 1. The molecule has 0 radical (unpaired) electrons. The van der Waals surface area contributed by atoms with Gasteiger partial charge in [0.1, 0.15) is 0 Å². The van der Waals surface area contributed by atoms with E-state index in [9.17, 15) is 18.0 Å². The second kappa shape index (κ2) is 4.45. The highest BCUT2D eigenvalue weighted by atomic mass is 35.5. The molecular formula is C11H5ClF3NO2. The number of carbonyl (C=O) groups excluding carboxylic acids is 1. The zero-order valence-corrected chi connectivity index (χ0v) is 9.42. The molecule has 2 heterocycles. The second-order valence-electron chi connectivity index (χ2n) is 3.36. The van der Waals surface area contributed by atoms with Gasteiger partial charge in [0.15, 0.2) is 5.78 Å². The van der Waals surface area contributed by atoms with Crippen molar-refractivity contribution in [3.63, 3.8) is 0 Å². The number of hydrogen-bond acceptors (Lipinski definition) is 3. The molecular weight excluding hydrogens is 271 g/mol. The summed E-state index contributed by atoms with van der Waals surface area (Å²) >= 11 is 5.56. The Morgan fingerprint density at radius 1 is 1.28 bits per heavy atom. The molecule has 0 amide bonds. The standard InChI is InChI=1S/C11H5ClF3NO2/c12-10-6(2-4-18-10)9(17)7-5-16-3-1-8(7)11(13,14)15/h1-5H. The number of hydrogen-bond donors (Lipinski definition) is 0. The number of halogens is 4. The minimum Gasteiger partial charge on any atom is -0.452 e. The van der Waals surface area contributed by atoms with Gasteiger partial charge in [-0.2, -0.15) is 13.2 Å². The SMILES string of the molecule is O=C(c1cnccc1C(F)(F)F)c1ccoc1Cl. The Labute approximate surface area is 104 Å². The summed E-state index contributed by atoms with van der Waals surface area (Å²) in [6.07, 6.45) is -1.69. The third kappa shape index (κ3) is 2.24. The average molecular weight is 276 g/mol. The number of rotatable bonds is 2. The second-order valence-corrected chi connectivity index (χ2v) is 3.70. The summed E-state index contributed by atoms with van der Waals surface area (Å²) in [6, 6.07) is 1.94. The number of aromatic nitrogens is 1. The number of nitrogens with zero attached hydrogens (tertiary/aromatic N) is 1. The van der Waals surface area contributed by atoms with Crippen LogP contribution in [0.15, 0.2) is 35.2 Å². The smallest absolute Gasteiger partial charge is 0.417 e. The van der Waals surface area contributed by atoms with Crippen molar-refractivity contribution in [3.05, 3.63) is 52.7 Å². The van der Waals surface area contributed by atoms with E-state index < -0.39 is 23.1 Å². The molecule has 7 heteroatoms. The van der Waals surface area contributed by atoms with Crippen LogP contribution >= 0.6 is 11.6 Å². The van der Waals surface area contributed by atoms with Crippen molar-refractivity contribution in [2.45, 2.75) is 6.18 Å². The van der Waals surface area contributed by atoms with Crippen LogP contribution < -0.4 is 0 Å². The molecule has 0 aliphatic rings. The summed E-state index contributed by atoms with van der Waals surface area (Å²) in [5.74, 6) is -0.880. The molecule has 2 rings (SSSR count). The lowest BCUT2D eigenvalue weighted by Crippen LogP contribution is -2.14. The highest BCUT2D eigenvalue weighted by Gasteiger charge is 2.35. The first-order valence-corrected chi connectivity index (χ1v) is 5.08. The van der Waals surface area contributed by atoms with E-state index in [4.69, 9.17) is 11.6 Å². The first kappa shape index (κ1) is 12.6. The van der Waals surface area contributed by atoms with Gasteiger partial charge in [-0.3, -0.25) is 9.78 Å². The van der Waals surface area contributed by atoms with Crippen LogP contribution in [-0.2, 0) is 6.18 Å². The molecule has 0 aliphatic heterocycles. The van der Waals surface area contributed by atoms with E-state index in [1.54, 1.807) is 0 Å². The molecule has 0 unspecified atom stereocenters. The fourth-order valence-corrected chi connectivity index (χ4v) is 1.62. The van der Waals surface area contributed by atoms with Crippen LogP contribution in [0.4, 0.5) is 13.2 Å². The van der Waals surface area contributed by atoms with Gasteiger partial charge in [0.2, 0.25) is 5.22 Å². The normalized spacial score (nSPS) is 11.6. The van der Waals surface area contributed by atoms with E-state index in [1.807, 2.05) is 0 Å². The van der Waals surface area contributed by atoms with E-state index in [0.29, 0.717) is 0 Å². The van der Waals surface area contributed by atoms with Crippen LogP contribution in [0.3, 0.4) is 0 Å². The van der Waals surface area contributed by atoms with E-state index >= 15 is 0 Å². The van der Waals surface area contributed by atoms with Crippen molar-refractivity contribution < 1.29 is 22.4 Å². The third-order valence-electron chi connectivity index (χ3n) is 2.23. The fourth-order valence-electron chi connectivity index (χ4n) is 1.42. The lowest BCUT2D eigenvalue weighted by molar-refractivity contribution is -0.137. The predicted molar refractivity (Wildman–Crippen MR) is 56.4 cm³/mol. The van der Waals surface area contributed by atoms with Crippen LogP contribution in [0.2, 0.25) is 5.22 Å². The maximum atomic E-state index is 12.7. The fraction of sp³-hybridized carbons (Fsp3) is 0.0909. The van der Waals surface area contributed by atoms with Gasteiger partial charge in [-0.05, 0) is 23.7 Å². The number of furan rings is 1. The predicted octanol–water partition coefficient (Wildman–Crippen LogP) is 3.58. The molecule has 0 saturated heterocycles. The largest absolute Gasteiger partial charge is 0.452 e. The third-order valence-corrected chi connectivity index (χ3v) is 2.53. The molecule has 0 N–H and O–H groups in total. The first-order valence-electron chi connectivity index (χ1n) is 4.70. The molecule has 94 valence electrons. The number of carbonyl (C=O) groups is 1. The van der Waals surface area contributed by atoms with Gasteiger partial charge < -0.3 is 4.42 Å². The molecule has 0 spiro atoms. The average Bonchev–Trinajstić information content (AvgIpc) is 2.73. The lowest BCUT2D eigenvalue weighted by Gasteiger charge is -2.10. The Hall–Kier alpha value is -1.82. The van der Waals surface area contributed by atoms with Crippen LogP contribution in [0.5, 0.6) is 0 Å². The summed E-state index contributed by atoms with van der Waals surface area (Å²) < 4.78 is 42.8.